The molecule has 2 heterocycles. The highest BCUT2D eigenvalue weighted by Gasteiger charge is 2.33. The number of carbonyl (C=O) groups excluding carboxylic acids is 2. The van der Waals surface area contributed by atoms with Gasteiger partial charge in [0.1, 0.15) is 11.1 Å². The molecule has 6 nitrogen and oxygen atoms in total. The first-order valence-corrected chi connectivity index (χ1v) is 9.15. The number of aryl methyl sites for hydroxylation is 2. The lowest BCUT2D eigenvalue weighted by atomic mass is 10.1. The molecule has 12 heteroatoms. The Morgan fingerprint density at radius 3 is 1.32 bits per heavy atom. The lowest BCUT2D eigenvalue weighted by molar-refractivity contribution is 0.0993. The molecule has 0 fully saturated rings. The summed E-state index contributed by atoms with van der Waals surface area (Å²) in [6.45, 7) is 3.34. The van der Waals surface area contributed by atoms with Crippen LogP contribution in [0.4, 0.5) is 27.8 Å². The van der Waals surface area contributed by atoms with Crippen LogP contribution in [-0.2, 0) is 0 Å². The number of thiazole rings is 2. The fraction of sp³-hybridized carbons (Fsp3) is 0.125. The molecule has 0 aliphatic heterocycles. The molecule has 2 amide bonds. The van der Waals surface area contributed by atoms with Crippen LogP contribution in [0.5, 0.6) is 0 Å². The molecule has 146 valence electrons. The van der Waals surface area contributed by atoms with E-state index in [2.05, 4.69) is 20.6 Å². The number of amides is 2. The van der Waals surface area contributed by atoms with Crippen LogP contribution >= 0.6 is 22.7 Å². The van der Waals surface area contributed by atoms with E-state index in [1.165, 1.54) is 12.4 Å². The standard InChI is InChI=1S/C16H10F4N4O2S2/c1-5-3-21-15(27-5)23-13(25)7-9(17)11(19)8(12(20)10(7)18)14(26)24-16-22-4-6(2)28-16/h3-4H,1-2H3,(H,21,23,25)(H,22,24,26). The van der Waals surface area contributed by atoms with Crippen LogP contribution < -0.4 is 10.6 Å². The van der Waals surface area contributed by atoms with E-state index in [0.29, 0.717) is 9.75 Å². The van der Waals surface area contributed by atoms with Crippen molar-refractivity contribution in [3.8, 4) is 0 Å². The number of benzene rings is 1. The number of nitrogens with one attached hydrogen (secondary N) is 2. The molecule has 0 atom stereocenters. The third-order valence-electron chi connectivity index (χ3n) is 3.40. The predicted octanol–water partition coefficient (Wildman–Crippen LogP) is 4.28. The van der Waals surface area contributed by atoms with Crippen LogP contribution in [0.2, 0.25) is 0 Å². The van der Waals surface area contributed by atoms with E-state index >= 15 is 0 Å². The molecule has 0 saturated carbocycles. The van der Waals surface area contributed by atoms with Crippen molar-refractivity contribution >= 4 is 44.8 Å². The molecule has 3 aromatic rings. The summed E-state index contributed by atoms with van der Waals surface area (Å²) in [6, 6.07) is 0. The van der Waals surface area contributed by atoms with Gasteiger partial charge in [0.05, 0.1) is 0 Å². The van der Waals surface area contributed by atoms with Crippen molar-refractivity contribution < 1.29 is 27.2 Å². The van der Waals surface area contributed by atoms with E-state index in [-0.39, 0.29) is 10.3 Å². The SMILES string of the molecule is Cc1cnc(NC(=O)c2c(F)c(F)c(C(=O)Nc3ncc(C)s3)c(F)c2F)s1. The van der Waals surface area contributed by atoms with Crippen LogP contribution in [0.25, 0.3) is 0 Å². The molecule has 28 heavy (non-hydrogen) atoms. The normalized spacial score (nSPS) is 10.8. The number of anilines is 2. The van der Waals surface area contributed by atoms with Gasteiger partial charge < -0.3 is 0 Å². The number of aromatic nitrogens is 2. The van der Waals surface area contributed by atoms with Gasteiger partial charge in [-0.3, -0.25) is 20.2 Å². The van der Waals surface area contributed by atoms with Crippen LogP contribution in [0, 0.1) is 37.1 Å². The highest BCUT2D eigenvalue weighted by Crippen LogP contribution is 2.27. The molecule has 0 bridgehead atoms. The molecule has 2 N–H and O–H groups in total. The average Bonchev–Trinajstić information content (AvgIpc) is 3.21. The molecular weight excluding hydrogens is 420 g/mol. The maximum atomic E-state index is 14.3. The first-order chi connectivity index (χ1) is 13.2. The van der Waals surface area contributed by atoms with E-state index in [0.717, 1.165) is 22.7 Å². The highest BCUT2D eigenvalue weighted by atomic mass is 32.1. The molecule has 0 aliphatic carbocycles. The molecular formula is C16H10F4N4O2S2. The minimum absolute atomic E-state index is 0.0110. The number of halogens is 4. The lowest BCUT2D eigenvalue weighted by Crippen LogP contribution is -2.23. The van der Waals surface area contributed by atoms with Gasteiger partial charge in [0.15, 0.2) is 33.5 Å². The first-order valence-electron chi connectivity index (χ1n) is 7.52. The van der Waals surface area contributed by atoms with Crippen LogP contribution in [0.15, 0.2) is 12.4 Å². The van der Waals surface area contributed by atoms with Gasteiger partial charge in [-0.05, 0) is 13.8 Å². The fourth-order valence-corrected chi connectivity index (χ4v) is 3.49. The summed E-state index contributed by atoms with van der Waals surface area (Å²) < 4.78 is 57.2. The van der Waals surface area contributed by atoms with Crippen molar-refractivity contribution in [2.45, 2.75) is 13.8 Å². The molecule has 0 aliphatic rings. The van der Waals surface area contributed by atoms with Gasteiger partial charge in [0, 0.05) is 22.1 Å². The monoisotopic (exact) mass is 430 g/mol. The van der Waals surface area contributed by atoms with Crippen LogP contribution in [0.3, 0.4) is 0 Å². The van der Waals surface area contributed by atoms with E-state index in [1.54, 1.807) is 13.8 Å². The van der Waals surface area contributed by atoms with E-state index in [4.69, 9.17) is 0 Å². The quantitative estimate of drug-likeness (QED) is 0.478. The molecule has 0 radical (unpaired) electrons. The minimum atomic E-state index is -2.00. The van der Waals surface area contributed by atoms with E-state index in [1.807, 2.05) is 0 Å². The Labute approximate surface area is 163 Å². The second-order valence-electron chi connectivity index (χ2n) is 5.47. The van der Waals surface area contributed by atoms with Gasteiger partial charge in [-0.1, -0.05) is 0 Å². The highest BCUT2D eigenvalue weighted by molar-refractivity contribution is 7.16. The Hall–Kier alpha value is -2.86. The van der Waals surface area contributed by atoms with Gasteiger partial charge in [0.2, 0.25) is 0 Å². The van der Waals surface area contributed by atoms with Crippen LogP contribution in [-0.4, -0.2) is 21.8 Å². The topological polar surface area (TPSA) is 84.0 Å². The molecule has 3 rings (SSSR count). The van der Waals surface area contributed by atoms with Gasteiger partial charge in [-0.15, -0.1) is 22.7 Å². The Morgan fingerprint density at radius 1 is 0.750 bits per heavy atom. The van der Waals surface area contributed by atoms with Gasteiger partial charge in [0.25, 0.3) is 11.8 Å². The average molecular weight is 430 g/mol. The summed E-state index contributed by atoms with van der Waals surface area (Å²) in [7, 11) is 0. The number of rotatable bonds is 4. The van der Waals surface area contributed by atoms with Crippen molar-refractivity contribution in [3.63, 3.8) is 0 Å². The summed E-state index contributed by atoms with van der Waals surface area (Å²) in [5.41, 5.74) is -2.99. The zero-order valence-corrected chi connectivity index (χ0v) is 15.8. The summed E-state index contributed by atoms with van der Waals surface area (Å²) in [5, 5.41) is 4.08. The molecule has 0 spiro atoms. The van der Waals surface area contributed by atoms with Crippen molar-refractivity contribution in [2.24, 2.45) is 0 Å². The fourth-order valence-electron chi connectivity index (χ4n) is 2.17. The number of hydrogen-bond donors (Lipinski definition) is 2. The maximum absolute atomic E-state index is 14.3. The molecule has 1 aromatic carbocycles. The number of nitrogens with zero attached hydrogens (tertiary/aromatic N) is 2. The van der Waals surface area contributed by atoms with Gasteiger partial charge in [-0.25, -0.2) is 27.5 Å². The van der Waals surface area contributed by atoms with Gasteiger partial charge in [-0.2, -0.15) is 0 Å². The summed E-state index contributed by atoms with van der Waals surface area (Å²) in [5.74, 6) is -10.9. The number of hydrogen-bond acceptors (Lipinski definition) is 6. The van der Waals surface area contributed by atoms with Crippen LogP contribution in [0.1, 0.15) is 30.5 Å². The Morgan fingerprint density at radius 2 is 1.07 bits per heavy atom. The number of carbonyl (C=O) groups is 2. The lowest BCUT2D eigenvalue weighted by Gasteiger charge is -2.11. The third-order valence-corrected chi connectivity index (χ3v) is 5.06. The summed E-state index contributed by atoms with van der Waals surface area (Å²) in [6.07, 6.45) is 2.78. The Balaban J connectivity index is 1.96. The van der Waals surface area contributed by atoms with Gasteiger partial charge >= 0.3 is 0 Å². The first kappa shape index (κ1) is 19.9. The zero-order chi connectivity index (χ0) is 20.6. The second-order valence-corrected chi connectivity index (χ2v) is 7.94. The smallest absolute Gasteiger partial charge is 0.263 e. The van der Waals surface area contributed by atoms with Crippen molar-refractivity contribution in [1.29, 1.82) is 0 Å². The van der Waals surface area contributed by atoms with E-state index < -0.39 is 46.2 Å². The van der Waals surface area contributed by atoms with Crippen molar-refractivity contribution in [1.82, 2.24) is 9.97 Å². The molecule has 0 unspecified atom stereocenters. The summed E-state index contributed by atoms with van der Waals surface area (Å²) in [4.78, 5) is 33.1. The third kappa shape index (κ3) is 3.73. The maximum Gasteiger partial charge on any atom is 0.263 e. The van der Waals surface area contributed by atoms with Crippen molar-refractivity contribution in [3.05, 3.63) is 56.5 Å². The predicted molar refractivity (Wildman–Crippen MR) is 95.9 cm³/mol. The Bertz CT molecular complexity index is 982. The summed E-state index contributed by atoms with van der Waals surface area (Å²) >= 11 is 1.99. The second kappa shape index (κ2) is 7.64. The minimum Gasteiger partial charge on any atom is -0.298 e. The molecule has 2 aromatic heterocycles. The Kier molecular flexibility index (Phi) is 5.42. The van der Waals surface area contributed by atoms with E-state index in [9.17, 15) is 27.2 Å². The molecule has 0 saturated heterocycles. The zero-order valence-electron chi connectivity index (χ0n) is 14.2. The van der Waals surface area contributed by atoms with Crippen molar-refractivity contribution in [2.75, 3.05) is 10.6 Å². The largest absolute Gasteiger partial charge is 0.298 e.